The maximum Gasteiger partial charge on any atom is 0.292 e. The molecule has 3 aliphatic heterocycles. The van der Waals surface area contributed by atoms with Crippen molar-refractivity contribution in [1.82, 2.24) is 0 Å². The summed E-state index contributed by atoms with van der Waals surface area (Å²) in [4.78, 5) is 0. The van der Waals surface area contributed by atoms with Gasteiger partial charge in [-0.2, -0.15) is 13.7 Å². The molecular weight excluding hydrogens is 1150 g/mol. The van der Waals surface area contributed by atoms with E-state index in [0.29, 0.717) is 20.2 Å². The van der Waals surface area contributed by atoms with Crippen LogP contribution in [0, 0.1) is 0 Å². The molecule has 13 aromatic carbocycles. The van der Waals surface area contributed by atoms with Crippen LogP contribution in [0.15, 0.2) is 231 Å². The molecule has 0 atom stereocenters. The van der Waals surface area contributed by atoms with Crippen LogP contribution in [-0.2, 0) is 36.4 Å². The van der Waals surface area contributed by atoms with Gasteiger partial charge in [0.25, 0.3) is 20.2 Å². The zero-order valence-corrected chi connectivity index (χ0v) is 51.6. The maximum atomic E-state index is 6.52. The Morgan fingerprint density at radius 2 is 0.500 bits per heavy atom. The minimum absolute atomic E-state index is 0. The van der Waals surface area contributed by atoms with Gasteiger partial charge in [0.15, 0.2) is 18.6 Å². The highest BCUT2D eigenvalue weighted by Crippen LogP contribution is 2.60. The molecule has 0 fully saturated rings. The summed E-state index contributed by atoms with van der Waals surface area (Å²) in [7, 11) is 0. The summed E-state index contributed by atoms with van der Waals surface area (Å²) >= 11 is 0. The maximum absolute atomic E-state index is 6.52. The Morgan fingerprint density at radius 3 is 0.819 bits per heavy atom. The Labute approximate surface area is 548 Å². The van der Waals surface area contributed by atoms with Crippen molar-refractivity contribution < 1.29 is 27.9 Å². The molecule has 456 valence electrons. The van der Waals surface area contributed by atoms with Gasteiger partial charge in [-0.15, -0.1) is 0 Å². The Balaban J connectivity index is 0.000000106. The van der Waals surface area contributed by atoms with Crippen molar-refractivity contribution in [3.05, 3.63) is 264 Å². The van der Waals surface area contributed by atoms with Gasteiger partial charge >= 0.3 is 0 Å². The molecule has 0 spiro atoms. The van der Waals surface area contributed by atoms with Crippen LogP contribution in [0.4, 0.5) is 0 Å². The molecular formula is C88H74N3O3+3. The second-order valence-electron chi connectivity index (χ2n) is 27.8. The third-order valence-electron chi connectivity index (χ3n) is 21.6. The van der Waals surface area contributed by atoms with Gasteiger partial charge in [-0.3, -0.25) is 0 Å². The van der Waals surface area contributed by atoms with Gasteiger partial charge in [0.05, 0.1) is 16.7 Å². The molecule has 0 unspecified atom stereocenters. The van der Waals surface area contributed by atoms with Gasteiger partial charge in [0.2, 0.25) is 17.1 Å². The normalized spacial score (nSPS) is 15.0. The number of hydrogen-bond donors (Lipinski definition) is 0. The molecule has 0 saturated carbocycles. The van der Waals surface area contributed by atoms with Crippen LogP contribution in [0.5, 0.6) is 17.2 Å². The zero-order chi connectivity index (χ0) is 60.6. The third kappa shape index (κ3) is 7.62. The van der Waals surface area contributed by atoms with Gasteiger partial charge in [0.1, 0.15) is 17.2 Å². The number of pyridine rings is 3. The largest absolute Gasteiger partial charge is 0.434 e. The summed E-state index contributed by atoms with van der Waals surface area (Å²) in [5.74, 6) is 3.14. The fourth-order valence-corrected chi connectivity index (χ4v) is 17.4. The number of benzene rings is 13. The molecule has 0 amide bonds. The average molecular weight is 1220 g/mol. The van der Waals surface area contributed by atoms with Crippen molar-refractivity contribution in [2.75, 3.05) is 0 Å². The van der Waals surface area contributed by atoms with Crippen LogP contribution >= 0.6 is 0 Å². The van der Waals surface area contributed by atoms with Crippen molar-refractivity contribution in [1.29, 1.82) is 0 Å². The van der Waals surface area contributed by atoms with Gasteiger partial charge in [0, 0.05) is 65.3 Å². The molecule has 6 aliphatic rings. The van der Waals surface area contributed by atoms with Gasteiger partial charge < -0.3 is 14.2 Å². The van der Waals surface area contributed by atoms with Crippen molar-refractivity contribution in [3.8, 4) is 51.0 Å². The molecule has 0 bridgehead atoms. The summed E-state index contributed by atoms with van der Waals surface area (Å²) in [5, 5.41) is 25.4. The number of rotatable bonds is 0. The Bertz CT molecular complexity index is 5840. The zero-order valence-electron chi connectivity index (χ0n) is 51.6. The van der Waals surface area contributed by atoms with E-state index in [0.717, 1.165) is 17.2 Å². The Kier molecular flexibility index (Phi) is 12.1. The summed E-state index contributed by atoms with van der Waals surface area (Å²) in [5.41, 5.74) is 16.0. The first kappa shape index (κ1) is 57.2. The molecule has 16 aromatic rings. The highest BCUT2D eigenvalue weighted by atomic mass is 16.5. The van der Waals surface area contributed by atoms with Crippen molar-refractivity contribution in [2.45, 2.75) is 100 Å². The fourth-order valence-electron chi connectivity index (χ4n) is 17.4. The molecule has 0 radical (unpaired) electrons. The van der Waals surface area contributed by atoms with Gasteiger partial charge in [-0.05, 0) is 171 Å². The second kappa shape index (κ2) is 19.9. The predicted octanol–water partition coefficient (Wildman–Crippen LogP) is 21.3. The van der Waals surface area contributed by atoms with Crippen molar-refractivity contribution in [2.24, 2.45) is 0 Å². The fraction of sp³-hybridized carbons (Fsp3) is 0.170. The quantitative estimate of drug-likeness (QED) is 0.112. The lowest BCUT2D eigenvalue weighted by Crippen LogP contribution is -2.42. The molecule has 6 heterocycles. The second-order valence-corrected chi connectivity index (χ2v) is 27.8. The molecule has 0 saturated heterocycles. The minimum atomic E-state index is -0.114. The number of ether oxygens (including phenoxy) is 3. The Hall–Kier alpha value is -10.7. The first-order valence-corrected chi connectivity index (χ1v) is 32.1. The predicted molar refractivity (Wildman–Crippen MR) is 390 cm³/mol. The first-order valence-electron chi connectivity index (χ1n) is 32.1. The lowest BCUT2D eigenvalue weighted by atomic mass is 9.80. The van der Waals surface area contributed by atoms with E-state index in [4.69, 9.17) is 14.2 Å². The number of fused-ring (bicyclic) bond motifs is 16. The Morgan fingerprint density at radius 1 is 0.255 bits per heavy atom. The van der Waals surface area contributed by atoms with E-state index in [9.17, 15) is 0 Å². The SMILES string of the molecule is C.C.C.CC1(C)c2cc3cc4ccccc4cc3c3c2-c2c1c1cc4ccccc4cc1c[n+]2CO3.CC1(C)c2cc3cc4ccccc4cc3c3c2-c2c1c1ccccc1c[n+]2CO3.CC1(C)c2cc3cc4ccccc4cc3c3c2-c2c1c1ccccc1c[n+]2CO3. The van der Waals surface area contributed by atoms with Gasteiger partial charge in [-0.1, -0.05) is 197 Å². The van der Waals surface area contributed by atoms with E-state index in [2.05, 4.69) is 286 Å². The van der Waals surface area contributed by atoms with E-state index < -0.39 is 0 Å². The van der Waals surface area contributed by atoms with Crippen LogP contribution < -0.4 is 27.9 Å². The first-order chi connectivity index (χ1) is 44.3. The van der Waals surface area contributed by atoms with Gasteiger partial charge in [-0.25, -0.2) is 0 Å². The highest BCUT2D eigenvalue weighted by molar-refractivity contribution is 6.12. The van der Waals surface area contributed by atoms with E-state index in [-0.39, 0.29) is 38.5 Å². The molecule has 6 nitrogen and oxygen atoms in total. The number of nitrogens with zero attached hydrogens (tertiary/aromatic N) is 3. The van der Waals surface area contributed by atoms with Crippen molar-refractivity contribution >= 4 is 108 Å². The molecule has 22 rings (SSSR count). The monoisotopic (exact) mass is 1220 g/mol. The highest BCUT2D eigenvalue weighted by Gasteiger charge is 2.51. The number of hydrogen-bond acceptors (Lipinski definition) is 3. The minimum Gasteiger partial charge on any atom is -0.434 e. The molecule has 3 aromatic heterocycles. The van der Waals surface area contributed by atoms with E-state index >= 15 is 0 Å². The van der Waals surface area contributed by atoms with E-state index in [1.807, 2.05) is 0 Å². The molecule has 0 N–H and O–H groups in total. The molecule has 94 heavy (non-hydrogen) atoms. The summed E-state index contributed by atoms with van der Waals surface area (Å²) in [6.45, 7) is 15.8. The summed E-state index contributed by atoms with van der Waals surface area (Å²) in [6, 6.07) is 77.7. The van der Waals surface area contributed by atoms with E-state index in [1.54, 1.807) is 0 Å². The molecule has 6 heteroatoms. The standard InChI is InChI=1S/C31H22NO.2C27H20NO.3CH4/c1-31(2)26-15-22-11-18-7-3-6-10-21(18)14-25(22)30-27(26)29-28(31)24-13-20-9-5-4-8-19(20)12-23(24)16-32(29)17-33-30;2*1-27(2)22-13-19-11-16-7-3-4-8-17(16)12-21(19)26-23(22)25-24(27)20-10-6-5-9-18(20)14-28(25)15-29-26;;;/h3-16H,17H2,1-2H3;2*3-14H,15H2,1-2H3;3*1H4/q3*+1;;;. The lowest BCUT2D eigenvalue weighted by molar-refractivity contribution is -0.716. The van der Waals surface area contributed by atoms with Crippen LogP contribution in [0.25, 0.3) is 141 Å². The van der Waals surface area contributed by atoms with Crippen LogP contribution in [0.1, 0.15) is 97.2 Å². The van der Waals surface area contributed by atoms with E-state index in [1.165, 1.54) is 175 Å². The van der Waals surface area contributed by atoms with Crippen molar-refractivity contribution in [3.63, 3.8) is 0 Å². The smallest absolute Gasteiger partial charge is 0.292 e. The molecule has 3 aliphatic carbocycles. The third-order valence-corrected chi connectivity index (χ3v) is 21.6. The summed E-state index contributed by atoms with van der Waals surface area (Å²) < 4.78 is 26.3. The van der Waals surface area contributed by atoms with Crippen LogP contribution in [-0.4, -0.2) is 0 Å². The summed E-state index contributed by atoms with van der Waals surface area (Å²) in [6.07, 6.45) is 6.76. The lowest BCUT2D eigenvalue weighted by Gasteiger charge is -2.22. The topological polar surface area (TPSA) is 39.3 Å². The van der Waals surface area contributed by atoms with Crippen LogP contribution in [0.2, 0.25) is 0 Å². The average Bonchev–Trinajstić information content (AvgIpc) is 1.54. The number of aromatic nitrogens is 3. The van der Waals surface area contributed by atoms with Crippen LogP contribution in [0.3, 0.4) is 0 Å².